The Morgan fingerprint density at radius 2 is 1.77 bits per heavy atom. The molecule has 2 rings (SSSR count). The van der Waals surface area contributed by atoms with Crippen molar-refractivity contribution < 1.29 is 21.5 Å². The lowest BCUT2D eigenvalue weighted by Crippen LogP contribution is -3.00. The lowest BCUT2D eigenvalue weighted by molar-refractivity contribution is -0.697. The van der Waals surface area contributed by atoms with E-state index < -0.39 is 0 Å². The number of hydrogen-bond donors (Lipinski definition) is 0. The molecule has 1 aromatic carbocycles. The van der Waals surface area contributed by atoms with Crippen LogP contribution in [0, 0.1) is 0 Å². The van der Waals surface area contributed by atoms with Crippen LogP contribution >= 0.6 is 15.9 Å². The van der Waals surface area contributed by atoms with Crippen molar-refractivity contribution in [1.29, 1.82) is 0 Å². The number of pyridine rings is 1. The van der Waals surface area contributed by atoms with Gasteiger partial charge in [0.25, 0.3) is 0 Å². The largest absolute Gasteiger partial charge is 1.00 e. The molecule has 22 heavy (non-hydrogen) atoms. The molecule has 0 aliphatic carbocycles. The third-order valence-electron chi connectivity index (χ3n) is 3.23. The highest BCUT2D eigenvalue weighted by molar-refractivity contribution is 9.09. The van der Waals surface area contributed by atoms with E-state index >= 15 is 0 Å². The summed E-state index contributed by atoms with van der Waals surface area (Å²) >= 11 is 3.46. The molecule has 5 heteroatoms. The van der Waals surface area contributed by atoms with Crippen molar-refractivity contribution in [2.75, 3.05) is 17.4 Å². The van der Waals surface area contributed by atoms with Gasteiger partial charge in [-0.3, -0.25) is 5.01 Å². The second kappa shape index (κ2) is 10.5. The van der Waals surface area contributed by atoms with Gasteiger partial charge in [-0.15, -0.1) is 0 Å². The normalized spacial score (nSPS) is 10.5. The summed E-state index contributed by atoms with van der Waals surface area (Å²) in [6, 6.07) is 14.3. The molecule has 2 aromatic rings. The number of aryl methyl sites for hydroxylation is 1. The van der Waals surface area contributed by atoms with Gasteiger partial charge in [-0.25, -0.2) is 4.57 Å². The molecule has 0 unspecified atom stereocenters. The lowest BCUT2D eigenvalue weighted by atomic mass is 10.3. The molecule has 1 aromatic heterocycles. The second-order valence-corrected chi connectivity index (χ2v) is 5.66. The van der Waals surface area contributed by atoms with Crippen LogP contribution in [0.3, 0.4) is 0 Å². The third kappa shape index (κ3) is 6.28. The van der Waals surface area contributed by atoms with Gasteiger partial charge in [-0.2, -0.15) is 5.10 Å². The second-order valence-electron chi connectivity index (χ2n) is 4.87. The topological polar surface area (TPSA) is 19.5 Å². The van der Waals surface area contributed by atoms with Gasteiger partial charge in [0.1, 0.15) is 6.54 Å². The molecule has 0 bridgehead atoms. The summed E-state index contributed by atoms with van der Waals surface area (Å²) in [5.41, 5.74) is 2.18. The van der Waals surface area contributed by atoms with E-state index in [-0.39, 0.29) is 17.0 Å². The van der Waals surface area contributed by atoms with E-state index in [0.29, 0.717) is 0 Å². The van der Waals surface area contributed by atoms with Crippen LogP contribution < -0.4 is 26.6 Å². The highest BCUT2D eigenvalue weighted by atomic mass is 79.9. The Kier molecular flexibility index (Phi) is 9.01. The molecule has 0 N–H and O–H groups in total. The minimum absolute atomic E-state index is 0. The van der Waals surface area contributed by atoms with Crippen LogP contribution in [-0.4, -0.2) is 18.6 Å². The number of hydrogen-bond acceptors (Lipinski definition) is 2. The number of alkyl halides is 1. The van der Waals surface area contributed by atoms with Crippen LogP contribution in [0.25, 0.3) is 0 Å². The first-order valence-electron chi connectivity index (χ1n) is 7.17. The van der Waals surface area contributed by atoms with E-state index in [2.05, 4.69) is 50.1 Å². The van der Waals surface area contributed by atoms with E-state index in [4.69, 9.17) is 0 Å². The smallest absolute Gasteiger partial charge is 0.169 e. The first kappa shape index (κ1) is 18.8. The molecule has 0 saturated carbocycles. The summed E-state index contributed by atoms with van der Waals surface area (Å²) in [5.74, 6) is 0. The van der Waals surface area contributed by atoms with Gasteiger partial charge < -0.3 is 17.0 Å². The zero-order valence-electron chi connectivity index (χ0n) is 12.7. The molecule has 0 fully saturated rings. The summed E-state index contributed by atoms with van der Waals surface area (Å²) in [4.78, 5) is 0. The van der Waals surface area contributed by atoms with Gasteiger partial charge in [-0.05, 0) is 18.6 Å². The molecule has 0 radical (unpaired) electrons. The Balaban J connectivity index is 0.00000242. The van der Waals surface area contributed by atoms with Crippen molar-refractivity contribution in [2.24, 2.45) is 5.10 Å². The standard InChI is InChI=1S/C17H21BrN3.BrH/c1-20(17-7-3-2-4-8-17)19-15-16-9-13-21(14-10-16)12-6-5-11-18;/h2-4,7-10,13-15H,5-6,11-12H2,1H3;1H/q+1;/p-1. The molecule has 0 aliphatic heterocycles. The lowest BCUT2D eigenvalue weighted by Gasteiger charge is -2.11. The van der Waals surface area contributed by atoms with Gasteiger partial charge in [0.2, 0.25) is 0 Å². The van der Waals surface area contributed by atoms with E-state index in [0.717, 1.165) is 23.1 Å². The number of unbranched alkanes of at least 4 members (excludes halogenated alkanes) is 1. The molecule has 0 spiro atoms. The zero-order chi connectivity index (χ0) is 14.9. The SMILES string of the molecule is CN(/N=C/c1cc[n+](CCCCBr)cc1)c1ccccc1.[Br-]. The van der Waals surface area contributed by atoms with Crippen LogP contribution in [0.1, 0.15) is 18.4 Å². The van der Waals surface area contributed by atoms with Crippen molar-refractivity contribution in [2.45, 2.75) is 19.4 Å². The number of aromatic nitrogens is 1. The number of anilines is 1. The first-order chi connectivity index (χ1) is 10.3. The maximum atomic E-state index is 4.46. The summed E-state index contributed by atoms with van der Waals surface area (Å²) in [6.07, 6.45) is 8.50. The number of nitrogens with zero attached hydrogens (tertiary/aromatic N) is 3. The summed E-state index contributed by atoms with van der Waals surface area (Å²) < 4.78 is 2.21. The Morgan fingerprint density at radius 3 is 2.41 bits per heavy atom. The number of halogens is 2. The van der Waals surface area contributed by atoms with Gasteiger partial charge in [0, 0.05) is 36.5 Å². The Bertz CT molecular complexity index is 556. The van der Waals surface area contributed by atoms with Gasteiger partial charge >= 0.3 is 0 Å². The molecule has 1 heterocycles. The van der Waals surface area contributed by atoms with Crippen molar-refractivity contribution in [3.63, 3.8) is 0 Å². The predicted molar refractivity (Wildman–Crippen MR) is 92.1 cm³/mol. The third-order valence-corrected chi connectivity index (χ3v) is 3.79. The fourth-order valence-electron chi connectivity index (χ4n) is 1.96. The predicted octanol–water partition coefficient (Wildman–Crippen LogP) is 0.623. The summed E-state index contributed by atoms with van der Waals surface area (Å²) in [5, 5.41) is 7.41. The minimum Gasteiger partial charge on any atom is -1.00 e. The molecular formula is C17H21Br2N3. The van der Waals surface area contributed by atoms with Gasteiger partial charge in [0.15, 0.2) is 12.4 Å². The summed E-state index contributed by atoms with van der Waals surface area (Å²) in [7, 11) is 1.95. The molecule has 0 aliphatic rings. The highest BCUT2D eigenvalue weighted by Gasteiger charge is 2.00. The fourth-order valence-corrected chi connectivity index (χ4v) is 2.35. The molecule has 0 atom stereocenters. The Labute approximate surface area is 151 Å². The van der Waals surface area contributed by atoms with Crippen LogP contribution in [0.4, 0.5) is 5.69 Å². The molecular weight excluding hydrogens is 406 g/mol. The number of para-hydroxylation sites is 1. The van der Waals surface area contributed by atoms with E-state index in [9.17, 15) is 0 Å². The minimum atomic E-state index is 0. The van der Waals surface area contributed by atoms with Crippen molar-refractivity contribution in [3.05, 3.63) is 60.4 Å². The molecule has 0 saturated heterocycles. The average molecular weight is 427 g/mol. The van der Waals surface area contributed by atoms with Crippen LogP contribution in [0.15, 0.2) is 60.0 Å². The monoisotopic (exact) mass is 425 g/mol. The Morgan fingerprint density at radius 1 is 1.09 bits per heavy atom. The van der Waals surface area contributed by atoms with Crippen molar-refractivity contribution in [3.8, 4) is 0 Å². The van der Waals surface area contributed by atoms with Crippen LogP contribution in [0.2, 0.25) is 0 Å². The molecule has 118 valence electrons. The number of rotatable bonds is 7. The Hall–Kier alpha value is -1.20. The zero-order valence-corrected chi connectivity index (χ0v) is 15.9. The van der Waals surface area contributed by atoms with Gasteiger partial charge in [-0.1, -0.05) is 34.1 Å². The average Bonchev–Trinajstić information content (AvgIpc) is 2.55. The quantitative estimate of drug-likeness (QED) is 0.209. The van der Waals surface area contributed by atoms with Crippen molar-refractivity contribution in [1.82, 2.24) is 0 Å². The molecule has 3 nitrogen and oxygen atoms in total. The van der Waals surface area contributed by atoms with E-state index in [1.54, 1.807) is 0 Å². The van der Waals surface area contributed by atoms with Crippen LogP contribution in [0.5, 0.6) is 0 Å². The van der Waals surface area contributed by atoms with Crippen LogP contribution in [-0.2, 0) is 6.54 Å². The first-order valence-corrected chi connectivity index (χ1v) is 8.29. The number of hydrazone groups is 1. The molecule has 0 amide bonds. The van der Waals surface area contributed by atoms with E-state index in [1.165, 1.54) is 12.8 Å². The fraction of sp³-hybridized carbons (Fsp3) is 0.294. The van der Waals surface area contributed by atoms with Crippen molar-refractivity contribution >= 4 is 27.8 Å². The maximum absolute atomic E-state index is 4.46. The number of benzene rings is 1. The highest BCUT2D eigenvalue weighted by Crippen LogP contribution is 2.10. The van der Waals surface area contributed by atoms with E-state index in [1.807, 2.05) is 48.6 Å². The maximum Gasteiger partial charge on any atom is 0.169 e. The van der Waals surface area contributed by atoms with Gasteiger partial charge in [0.05, 0.1) is 11.9 Å². The summed E-state index contributed by atoms with van der Waals surface area (Å²) in [6.45, 7) is 1.06.